The summed E-state index contributed by atoms with van der Waals surface area (Å²) >= 11 is 0. The van der Waals surface area contributed by atoms with Crippen LogP contribution in [0.1, 0.15) is 65.2 Å². The number of nitrogens with one attached hydrogen (secondary N) is 2. The molecule has 0 radical (unpaired) electrons. The fourth-order valence-corrected chi connectivity index (χ4v) is 8.18. The first-order chi connectivity index (χ1) is 21.1. The highest BCUT2D eigenvalue weighted by molar-refractivity contribution is 6.01. The molecule has 3 saturated carbocycles. The Kier molecular flexibility index (Phi) is 10.0. The minimum Gasteiger partial charge on any atom is -0.441 e. The van der Waals surface area contributed by atoms with Crippen molar-refractivity contribution >= 4 is 23.6 Å². The molecule has 0 saturated heterocycles. The fourth-order valence-electron chi connectivity index (χ4n) is 8.18. The molecule has 0 heterocycles. The predicted molar refractivity (Wildman–Crippen MR) is 153 cm³/mol. The molecular weight excluding hydrogens is 597 g/mol. The topological polar surface area (TPSA) is 215 Å². The van der Waals surface area contributed by atoms with Gasteiger partial charge in [-0.1, -0.05) is 31.4 Å². The van der Waals surface area contributed by atoms with E-state index in [-0.39, 0.29) is 31.7 Å². The van der Waals surface area contributed by atoms with Crippen LogP contribution in [0.2, 0.25) is 0 Å². The Morgan fingerprint density at radius 3 is 2.53 bits per heavy atom. The summed E-state index contributed by atoms with van der Waals surface area (Å²) < 4.78 is 22.2. The minimum atomic E-state index is -2.44. The number of fused-ring (bicyclic) bond motifs is 5. The number of rotatable bonds is 13. The molecule has 4 aliphatic rings. The monoisotopic (exact) mass is 639 g/mol. The predicted octanol–water partition coefficient (Wildman–Crippen LogP) is 1.24. The second-order valence-electron chi connectivity index (χ2n) is 13.0. The van der Waals surface area contributed by atoms with Crippen LogP contribution in [0.25, 0.3) is 0 Å². The van der Waals surface area contributed by atoms with Crippen LogP contribution in [0.3, 0.4) is 0 Å². The van der Waals surface area contributed by atoms with Crippen LogP contribution in [0.4, 0.5) is 9.18 Å². The maximum Gasteiger partial charge on any atom is 0.408 e. The maximum absolute atomic E-state index is 17.2. The van der Waals surface area contributed by atoms with Crippen LogP contribution in [0.5, 0.6) is 0 Å². The Bertz CT molecular complexity index is 1280. The Hall–Kier alpha value is -3.43. The molecule has 0 aromatic heterocycles. The molecule has 15 heteroatoms. The zero-order valence-corrected chi connectivity index (χ0v) is 25.5. The molecule has 4 aliphatic carbocycles. The highest BCUT2D eigenvalue weighted by Crippen LogP contribution is 2.69. The third-order valence-corrected chi connectivity index (χ3v) is 10.6. The minimum absolute atomic E-state index is 0.00477. The normalized spacial score (nSPS) is 36.6. The van der Waals surface area contributed by atoms with E-state index in [0.717, 1.165) is 0 Å². The van der Waals surface area contributed by atoms with Crippen LogP contribution in [-0.2, 0) is 24.0 Å². The van der Waals surface area contributed by atoms with Gasteiger partial charge in [-0.15, -0.1) is 10.1 Å². The average Bonchev–Trinajstić information content (AvgIpc) is 3.18. The van der Waals surface area contributed by atoms with E-state index in [2.05, 4.69) is 15.5 Å². The van der Waals surface area contributed by atoms with Gasteiger partial charge in [0.15, 0.2) is 23.7 Å². The molecule has 250 valence electrons. The molecule has 5 N–H and O–H groups in total. The molecule has 2 amide bonds. The number of ether oxygens (including phenoxy) is 1. The Balaban J connectivity index is 1.30. The van der Waals surface area contributed by atoms with Gasteiger partial charge in [0, 0.05) is 23.3 Å². The number of halogens is 1. The summed E-state index contributed by atoms with van der Waals surface area (Å²) in [4.78, 5) is 63.9. The van der Waals surface area contributed by atoms with Crippen molar-refractivity contribution in [2.45, 2.75) is 88.7 Å². The number of allylic oxidation sites excluding steroid dienone is 4. The lowest BCUT2D eigenvalue weighted by Gasteiger charge is -2.62. The van der Waals surface area contributed by atoms with Crippen molar-refractivity contribution in [3.05, 3.63) is 33.9 Å². The van der Waals surface area contributed by atoms with Crippen molar-refractivity contribution in [3.63, 3.8) is 0 Å². The third kappa shape index (κ3) is 6.09. The molecule has 0 spiro atoms. The summed E-state index contributed by atoms with van der Waals surface area (Å²) in [6.45, 7) is 2.11. The number of hydrogen-bond donors (Lipinski definition) is 5. The van der Waals surface area contributed by atoms with Crippen LogP contribution in [0.15, 0.2) is 23.8 Å². The summed E-state index contributed by atoms with van der Waals surface area (Å²) in [5.41, 5.74) is -6.80. The molecule has 8 atom stereocenters. The van der Waals surface area contributed by atoms with Gasteiger partial charge >= 0.3 is 6.09 Å². The van der Waals surface area contributed by atoms with Crippen molar-refractivity contribution in [1.82, 2.24) is 10.6 Å². The number of amides is 2. The Morgan fingerprint density at radius 2 is 1.82 bits per heavy atom. The van der Waals surface area contributed by atoms with E-state index in [1.54, 1.807) is 6.92 Å². The summed E-state index contributed by atoms with van der Waals surface area (Å²) in [6.07, 6.45) is 2.46. The number of carbonyl (C=O) groups is 4. The largest absolute Gasteiger partial charge is 0.441 e. The zero-order valence-electron chi connectivity index (χ0n) is 25.5. The van der Waals surface area contributed by atoms with Gasteiger partial charge in [0.1, 0.15) is 0 Å². The first-order valence-corrected chi connectivity index (χ1v) is 15.3. The lowest BCUT2D eigenvalue weighted by molar-refractivity contribution is -0.757. The lowest BCUT2D eigenvalue weighted by atomic mass is 9.44. The van der Waals surface area contributed by atoms with Gasteiger partial charge in [-0.25, -0.2) is 9.18 Å². The third-order valence-electron chi connectivity index (χ3n) is 10.6. The summed E-state index contributed by atoms with van der Waals surface area (Å²) in [5.74, 6) is -3.32. The van der Waals surface area contributed by atoms with Gasteiger partial charge in [-0.3, -0.25) is 14.4 Å². The van der Waals surface area contributed by atoms with E-state index in [9.17, 15) is 44.6 Å². The van der Waals surface area contributed by atoms with Crippen LogP contribution >= 0.6 is 0 Å². The van der Waals surface area contributed by atoms with E-state index in [1.807, 2.05) is 0 Å². The van der Waals surface area contributed by atoms with Crippen LogP contribution in [-0.4, -0.2) is 93.8 Å². The van der Waals surface area contributed by atoms with E-state index in [1.165, 1.54) is 25.2 Å². The number of ketones is 2. The van der Waals surface area contributed by atoms with Gasteiger partial charge in [-0.2, -0.15) is 0 Å². The Labute approximate surface area is 259 Å². The Morgan fingerprint density at radius 1 is 1.11 bits per heavy atom. The van der Waals surface area contributed by atoms with Crippen molar-refractivity contribution < 1.29 is 53.5 Å². The van der Waals surface area contributed by atoms with E-state index in [0.29, 0.717) is 44.2 Å². The van der Waals surface area contributed by atoms with E-state index < -0.39 is 82.2 Å². The number of nitrogens with zero attached hydrogens (tertiary/aromatic N) is 1. The number of aliphatic hydroxyl groups excluding tert-OH is 2. The highest BCUT2D eigenvalue weighted by Gasteiger charge is 2.76. The number of Topliss-reactive ketones (excluding diaryl/α,β-unsaturated/α-hetero) is 1. The van der Waals surface area contributed by atoms with Crippen molar-refractivity contribution in [3.8, 4) is 0 Å². The van der Waals surface area contributed by atoms with Crippen molar-refractivity contribution in [2.24, 2.45) is 22.7 Å². The maximum atomic E-state index is 17.2. The number of carbonyl (C=O) groups excluding carboxylic acids is 4. The summed E-state index contributed by atoms with van der Waals surface area (Å²) in [7, 11) is 0. The number of alkyl carbamates (subject to hydrolysis) is 1. The van der Waals surface area contributed by atoms with Gasteiger partial charge in [0.2, 0.25) is 11.7 Å². The van der Waals surface area contributed by atoms with Gasteiger partial charge < -0.3 is 35.5 Å². The zero-order chi connectivity index (χ0) is 33.2. The molecular formula is C30H42FN3O11. The second-order valence-corrected chi connectivity index (χ2v) is 13.0. The highest BCUT2D eigenvalue weighted by atomic mass is 19.1. The van der Waals surface area contributed by atoms with E-state index in [4.69, 9.17) is 4.74 Å². The first kappa shape index (κ1) is 34.4. The lowest BCUT2D eigenvalue weighted by Crippen LogP contribution is -2.69. The quantitative estimate of drug-likeness (QED) is 0.110. The molecule has 45 heavy (non-hydrogen) atoms. The summed E-state index contributed by atoms with van der Waals surface area (Å²) in [6, 6.07) is 0. The smallest absolute Gasteiger partial charge is 0.408 e. The fraction of sp³-hybridized carbons (Fsp3) is 0.733. The summed E-state index contributed by atoms with van der Waals surface area (Å²) in [5, 5.41) is 48.2. The van der Waals surface area contributed by atoms with Crippen molar-refractivity contribution in [1.29, 1.82) is 0 Å². The molecule has 0 aromatic rings. The van der Waals surface area contributed by atoms with Gasteiger partial charge in [-0.05, 0) is 63.5 Å². The molecule has 4 rings (SSSR count). The van der Waals surface area contributed by atoms with Crippen LogP contribution in [0, 0.1) is 32.8 Å². The van der Waals surface area contributed by atoms with Gasteiger partial charge in [0.25, 0.3) is 5.09 Å². The second kappa shape index (κ2) is 13.1. The SMILES string of the molecule is C[C@]12C=CC(=O)C=C1CC[C@H]1[C@@H]3C[C@@H](O)[C@](O)(C(=O)COC(=O)NCC(=O)NCCCCCCO[N+](=O)[O-])[C@@]3(C)C[C@H](O)[C@@]12F. The molecule has 0 bridgehead atoms. The number of alkyl halides is 1. The molecule has 3 fully saturated rings. The first-order valence-electron chi connectivity index (χ1n) is 15.3. The number of hydrogen-bond acceptors (Lipinski definition) is 11. The standard InChI is InChI=1S/C30H42FN3O11/c1-27-10-9-19(35)13-18(27)7-8-20-21-14-22(36)30(41,28(21,2)15-23(37)29(20,27)31)24(38)17-44-26(40)33-16-25(39)32-11-5-3-4-6-12-45-34(42)43/h9-10,13,20-23,36-37,41H,3-8,11-12,14-17H2,1-2H3,(H,32,39)(H,33,40)/t20-,21-,22+,23-,27-,28-,29-,30-/m0/s1. The van der Waals surface area contributed by atoms with E-state index >= 15 is 4.39 Å². The average molecular weight is 640 g/mol. The number of aliphatic hydroxyl groups is 3. The molecule has 0 aliphatic heterocycles. The molecule has 14 nitrogen and oxygen atoms in total. The molecule has 0 aromatic carbocycles. The molecule has 0 unspecified atom stereocenters. The van der Waals surface area contributed by atoms with Gasteiger partial charge in [0.05, 0.1) is 25.4 Å². The van der Waals surface area contributed by atoms with Crippen molar-refractivity contribution in [2.75, 3.05) is 26.3 Å². The van der Waals surface area contributed by atoms with Crippen LogP contribution < -0.4 is 10.6 Å². The number of unbranched alkanes of at least 4 members (excludes halogenated alkanes) is 3.